The second-order valence-electron chi connectivity index (χ2n) is 5.25. The SMILES string of the molecule is COc1cc(OC)nc(NC(=O)NS(=O)(=O)c2ccccc2-c2cnoc2)n1. The van der Waals surface area contributed by atoms with E-state index in [0.717, 1.165) is 0 Å². The molecule has 0 aliphatic rings. The average molecular weight is 405 g/mol. The number of amides is 2. The van der Waals surface area contributed by atoms with Crippen LogP contribution < -0.4 is 19.5 Å². The van der Waals surface area contributed by atoms with Crippen LogP contribution >= 0.6 is 0 Å². The van der Waals surface area contributed by atoms with Crippen LogP contribution in [0.4, 0.5) is 10.7 Å². The fourth-order valence-corrected chi connectivity index (χ4v) is 3.39. The number of carbonyl (C=O) groups excluding carboxylic acids is 1. The van der Waals surface area contributed by atoms with Gasteiger partial charge in [0.25, 0.3) is 10.0 Å². The number of hydrogen-bond acceptors (Lipinski definition) is 9. The summed E-state index contributed by atoms with van der Waals surface area (Å²) in [5.41, 5.74) is 0.769. The molecule has 0 fully saturated rings. The summed E-state index contributed by atoms with van der Waals surface area (Å²) in [6.45, 7) is 0. The van der Waals surface area contributed by atoms with E-state index in [0.29, 0.717) is 11.1 Å². The van der Waals surface area contributed by atoms with Crippen LogP contribution in [0.2, 0.25) is 0 Å². The number of sulfonamides is 1. The molecule has 0 aliphatic heterocycles. The van der Waals surface area contributed by atoms with E-state index in [4.69, 9.17) is 14.0 Å². The monoisotopic (exact) mass is 405 g/mol. The molecule has 0 spiro atoms. The molecule has 146 valence electrons. The molecule has 0 radical (unpaired) electrons. The van der Waals surface area contributed by atoms with Gasteiger partial charge in [0, 0.05) is 11.1 Å². The molecule has 12 heteroatoms. The summed E-state index contributed by atoms with van der Waals surface area (Å²) < 4.78 is 42.0. The molecule has 28 heavy (non-hydrogen) atoms. The van der Waals surface area contributed by atoms with Crippen LogP contribution in [-0.2, 0) is 10.0 Å². The minimum atomic E-state index is -4.22. The summed E-state index contributed by atoms with van der Waals surface area (Å²) in [6.07, 6.45) is 2.66. The van der Waals surface area contributed by atoms with Crippen LogP contribution in [0.25, 0.3) is 11.1 Å². The molecule has 1 aromatic carbocycles. The van der Waals surface area contributed by atoms with Gasteiger partial charge in [-0.3, -0.25) is 5.32 Å². The van der Waals surface area contributed by atoms with Gasteiger partial charge in [-0.2, -0.15) is 9.97 Å². The van der Waals surface area contributed by atoms with Gasteiger partial charge < -0.3 is 14.0 Å². The Labute approximate surface area is 159 Å². The molecule has 0 saturated carbocycles. The molecule has 11 nitrogen and oxygen atoms in total. The molecule has 0 atom stereocenters. The lowest BCUT2D eigenvalue weighted by atomic mass is 10.1. The normalized spacial score (nSPS) is 10.9. The van der Waals surface area contributed by atoms with Crippen LogP contribution in [0.1, 0.15) is 0 Å². The first-order chi connectivity index (χ1) is 13.4. The van der Waals surface area contributed by atoms with E-state index >= 15 is 0 Å². The minimum absolute atomic E-state index is 0.127. The van der Waals surface area contributed by atoms with Gasteiger partial charge in [-0.25, -0.2) is 17.9 Å². The van der Waals surface area contributed by atoms with Crippen molar-refractivity contribution < 1.29 is 27.2 Å². The van der Waals surface area contributed by atoms with E-state index in [9.17, 15) is 13.2 Å². The summed E-state index contributed by atoms with van der Waals surface area (Å²) in [5.74, 6) is 0.0573. The molecule has 2 amide bonds. The lowest BCUT2D eigenvalue weighted by Crippen LogP contribution is -2.35. The minimum Gasteiger partial charge on any atom is -0.481 e. The Hall–Kier alpha value is -3.67. The van der Waals surface area contributed by atoms with Gasteiger partial charge in [0.1, 0.15) is 6.26 Å². The van der Waals surface area contributed by atoms with Crippen molar-refractivity contribution in [3.05, 3.63) is 42.8 Å². The van der Waals surface area contributed by atoms with E-state index in [1.165, 1.54) is 44.9 Å². The quantitative estimate of drug-likeness (QED) is 0.625. The molecule has 0 saturated heterocycles. The third kappa shape index (κ3) is 4.17. The zero-order chi connectivity index (χ0) is 20.1. The van der Waals surface area contributed by atoms with Crippen molar-refractivity contribution in [1.82, 2.24) is 19.8 Å². The van der Waals surface area contributed by atoms with Crippen molar-refractivity contribution in [3.8, 4) is 22.9 Å². The summed E-state index contributed by atoms with van der Waals surface area (Å²) in [7, 11) is -1.47. The van der Waals surface area contributed by atoms with Crippen LogP contribution in [0.3, 0.4) is 0 Å². The highest BCUT2D eigenvalue weighted by Crippen LogP contribution is 2.26. The van der Waals surface area contributed by atoms with Crippen LogP contribution in [-0.4, -0.2) is 43.8 Å². The van der Waals surface area contributed by atoms with Gasteiger partial charge in [0.15, 0.2) is 0 Å². The molecular formula is C16H15N5O6S. The molecule has 0 unspecified atom stereocenters. The lowest BCUT2D eigenvalue weighted by molar-refractivity contribution is 0.256. The highest BCUT2D eigenvalue weighted by atomic mass is 32.2. The summed E-state index contributed by atoms with van der Waals surface area (Å²) in [6, 6.07) is 6.43. The number of nitrogens with one attached hydrogen (secondary N) is 2. The second kappa shape index (κ2) is 7.92. The van der Waals surface area contributed by atoms with Gasteiger partial charge in [0.2, 0.25) is 17.7 Å². The van der Waals surface area contributed by atoms with E-state index in [1.54, 1.807) is 12.1 Å². The molecule has 3 aromatic rings. The van der Waals surface area contributed by atoms with Crippen LogP contribution in [0, 0.1) is 0 Å². The molecule has 2 heterocycles. The Balaban J connectivity index is 1.83. The fraction of sp³-hybridized carbons (Fsp3) is 0.125. The van der Waals surface area contributed by atoms with E-state index in [2.05, 4.69) is 20.4 Å². The molecule has 3 rings (SSSR count). The Bertz CT molecular complexity index is 1060. The highest BCUT2D eigenvalue weighted by Gasteiger charge is 2.23. The molecule has 0 aliphatic carbocycles. The lowest BCUT2D eigenvalue weighted by Gasteiger charge is -2.11. The van der Waals surface area contributed by atoms with E-state index in [1.807, 2.05) is 4.72 Å². The summed E-state index contributed by atoms with van der Waals surface area (Å²) >= 11 is 0. The number of methoxy groups -OCH3 is 2. The maximum absolute atomic E-state index is 12.7. The van der Waals surface area contributed by atoms with Gasteiger partial charge in [-0.1, -0.05) is 23.4 Å². The Morgan fingerprint density at radius 3 is 2.39 bits per heavy atom. The van der Waals surface area contributed by atoms with Crippen molar-refractivity contribution in [2.24, 2.45) is 0 Å². The van der Waals surface area contributed by atoms with E-state index < -0.39 is 16.1 Å². The number of carbonyl (C=O) groups is 1. The van der Waals surface area contributed by atoms with Crippen molar-refractivity contribution in [1.29, 1.82) is 0 Å². The fourth-order valence-electron chi connectivity index (χ4n) is 2.25. The number of ether oxygens (including phenoxy) is 2. The maximum Gasteiger partial charge on any atom is 0.335 e. The maximum atomic E-state index is 12.7. The molecule has 0 bridgehead atoms. The number of nitrogens with zero attached hydrogens (tertiary/aromatic N) is 3. The summed E-state index contributed by atoms with van der Waals surface area (Å²) in [5, 5.41) is 5.79. The van der Waals surface area contributed by atoms with Crippen molar-refractivity contribution >= 4 is 22.0 Å². The molecule has 2 aromatic heterocycles. The van der Waals surface area contributed by atoms with Crippen LogP contribution in [0.5, 0.6) is 11.8 Å². The first kappa shape index (κ1) is 19.1. The topological polar surface area (TPSA) is 146 Å². The number of aromatic nitrogens is 3. The Morgan fingerprint density at radius 2 is 1.79 bits per heavy atom. The van der Waals surface area contributed by atoms with Crippen LogP contribution in [0.15, 0.2) is 52.2 Å². The Morgan fingerprint density at radius 1 is 1.11 bits per heavy atom. The first-order valence-corrected chi connectivity index (χ1v) is 9.21. The highest BCUT2D eigenvalue weighted by molar-refractivity contribution is 7.90. The van der Waals surface area contributed by atoms with Gasteiger partial charge >= 0.3 is 6.03 Å². The molecular weight excluding hydrogens is 390 g/mol. The van der Waals surface area contributed by atoms with Gasteiger partial charge in [0.05, 0.1) is 31.4 Å². The van der Waals surface area contributed by atoms with Gasteiger partial charge in [-0.15, -0.1) is 0 Å². The summed E-state index contributed by atoms with van der Waals surface area (Å²) in [4.78, 5) is 19.9. The number of hydrogen-bond donors (Lipinski definition) is 2. The third-order valence-electron chi connectivity index (χ3n) is 3.47. The first-order valence-electron chi connectivity index (χ1n) is 7.72. The van der Waals surface area contributed by atoms with Crippen molar-refractivity contribution in [2.75, 3.05) is 19.5 Å². The largest absolute Gasteiger partial charge is 0.481 e. The average Bonchev–Trinajstić information content (AvgIpc) is 3.21. The van der Waals surface area contributed by atoms with E-state index in [-0.39, 0.29) is 22.6 Å². The third-order valence-corrected chi connectivity index (χ3v) is 4.86. The standard InChI is InChI=1S/C16H15N5O6S/c1-25-13-7-14(26-2)19-15(18-13)20-16(22)21-28(23,24)12-6-4-3-5-11(12)10-8-17-27-9-10/h3-9H,1-2H3,(H2,18,19,20,21,22). The van der Waals surface area contributed by atoms with Crippen molar-refractivity contribution in [3.63, 3.8) is 0 Å². The zero-order valence-corrected chi connectivity index (χ0v) is 15.6. The Kier molecular flexibility index (Phi) is 5.40. The smallest absolute Gasteiger partial charge is 0.335 e. The second-order valence-corrected chi connectivity index (χ2v) is 6.90. The number of urea groups is 1. The number of benzene rings is 1. The zero-order valence-electron chi connectivity index (χ0n) is 14.7. The predicted octanol–water partition coefficient (Wildman–Crippen LogP) is 1.66. The molecule has 2 N–H and O–H groups in total. The van der Waals surface area contributed by atoms with Gasteiger partial charge in [-0.05, 0) is 6.07 Å². The van der Waals surface area contributed by atoms with Crippen molar-refractivity contribution in [2.45, 2.75) is 4.90 Å². The number of rotatable bonds is 6. The number of anilines is 1. The predicted molar refractivity (Wildman–Crippen MR) is 96.4 cm³/mol.